The van der Waals surface area contributed by atoms with Gasteiger partial charge in [-0.05, 0) is 61.5 Å². The molecule has 1 heterocycles. The van der Waals surface area contributed by atoms with Crippen molar-refractivity contribution in [2.45, 2.75) is 39.2 Å². The number of hydrogen-bond acceptors (Lipinski definition) is 2. The first-order valence-corrected chi connectivity index (χ1v) is 7.14. The minimum absolute atomic E-state index is 0.0766. The summed E-state index contributed by atoms with van der Waals surface area (Å²) in [6.07, 6.45) is 1.08. The normalized spacial score (nSPS) is 24.4. The molecular weight excluding hydrogens is 239 g/mol. The Morgan fingerprint density at radius 1 is 1.42 bits per heavy atom. The number of aryl methyl sites for hydroxylation is 1. The highest BCUT2D eigenvalue weighted by atomic mass is 19.1. The molecule has 0 aliphatic carbocycles. The zero-order chi connectivity index (χ0) is 14.2. The van der Waals surface area contributed by atoms with Crippen LogP contribution >= 0.6 is 0 Å². The van der Waals surface area contributed by atoms with Gasteiger partial charge in [0.15, 0.2) is 0 Å². The number of benzene rings is 1. The predicted octanol–water partition coefficient (Wildman–Crippen LogP) is 3.21. The van der Waals surface area contributed by atoms with E-state index in [4.69, 9.17) is 5.73 Å². The molecule has 2 N–H and O–H groups in total. The maximum Gasteiger partial charge on any atom is 0.126 e. The SMILES string of the molecule is Cc1cc(F)c(C(C)C)cc1C1CC(CN)CN1C. The molecule has 1 aromatic carbocycles. The van der Waals surface area contributed by atoms with E-state index in [2.05, 4.69) is 18.0 Å². The highest BCUT2D eigenvalue weighted by Crippen LogP contribution is 2.37. The summed E-state index contributed by atoms with van der Waals surface area (Å²) in [5.41, 5.74) is 8.93. The Labute approximate surface area is 115 Å². The number of nitrogens with zero attached hydrogens (tertiary/aromatic N) is 1. The van der Waals surface area contributed by atoms with E-state index >= 15 is 0 Å². The predicted molar refractivity (Wildman–Crippen MR) is 77.8 cm³/mol. The van der Waals surface area contributed by atoms with Crippen molar-refractivity contribution >= 4 is 0 Å². The highest BCUT2D eigenvalue weighted by Gasteiger charge is 2.31. The fraction of sp³-hybridized carbons (Fsp3) is 0.625. The van der Waals surface area contributed by atoms with Crippen LogP contribution in [0, 0.1) is 18.7 Å². The molecule has 2 unspecified atom stereocenters. The molecule has 0 bridgehead atoms. The number of hydrogen-bond donors (Lipinski definition) is 1. The van der Waals surface area contributed by atoms with E-state index in [0.29, 0.717) is 12.0 Å². The minimum atomic E-state index is -0.0766. The Balaban J connectivity index is 2.37. The summed E-state index contributed by atoms with van der Waals surface area (Å²) in [6.45, 7) is 7.86. The van der Waals surface area contributed by atoms with Crippen LogP contribution in [-0.4, -0.2) is 25.0 Å². The van der Waals surface area contributed by atoms with Crippen molar-refractivity contribution in [1.29, 1.82) is 0 Å². The third-order valence-corrected chi connectivity index (χ3v) is 4.33. The van der Waals surface area contributed by atoms with Crippen LogP contribution in [0.3, 0.4) is 0 Å². The second-order valence-electron chi connectivity index (χ2n) is 6.18. The van der Waals surface area contributed by atoms with Crippen molar-refractivity contribution in [3.05, 3.63) is 34.6 Å². The molecule has 0 spiro atoms. The lowest BCUT2D eigenvalue weighted by atomic mass is 9.91. The Morgan fingerprint density at radius 2 is 2.11 bits per heavy atom. The van der Waals surface area contributed by atoms with Crippen LogP contribution in [-0.2, 0) is 0 Å². The van der Waals surface area contributed by atoms with Crippen LogP contribution in [0.5, 0.6) is 0 Å². The summed E-state index contributed by atoms with van der Waals surface area (Å²) in [5, 5.41) is 0. The molecule has 0 amide bonds. The minimum Gasteiger partial charge on any atom is -0.330 e. The number of likely N-dealkylation sites (tertiary alicyclic amines) is 1. The van der Waals surface area contributed by atoms with Crippen LogP contribution in [0.25, 0.3) is 0 Å². The lowest BCUT2D eigenvalue weighted by molar-refractivity contribution is 0.312. The third kappa shape index (κ3) is 2.82. The van der Waals surface area contributed by atoms with Crippen LogP contribution < -0.4 is 5.73 Å². The summed E-state index contributed by atoms with van der Waals surface area (Å²) in [7, 11) is 2.14. The molecule has 1 saturated heterocycles. The van der Waals surface area contributed by atoms with Gasteiger partial charge in [-0.15, -0.1) is 0 Å². The van der Waals surface area contributed by atoms with E-state index in [-0.39, 0.29) is 11.7 Å². The summed E-state index contributed by atoms with van der Waals surface area (Å²) >= 11 is 0. The number of rotatable bonds is 3. The molecule has 1 fully saturated rings. The summed E-state index contributed by atoms with van der Waals surface area (Å²) in [6, 6.07) is 4.13. The standard InChI is InChI=1S/C16H25FN2/c1-10(2)13-7-14(11(3)5-15(13)17)16-6-12(8-18)9-19(16)4/h5,7,10,12,16H,6,8-9,18H2,1-4H3. The number of halogens is 1. The molecule has 1 aromatic rings. The number of nitrogens with two attached hydrogens (primary N) is 1. The second-order valence-corrected chi connectivity index (χ2v) is 6.18. The lowest BCUT2D eigenvalue weighted by Gasteiger charge is -2.23. The first-order chi connectivity index (χ1) is 8.93. The van der Waals surface area contributed by atoms with E-state index < -0.39 is 0 Å². The fourth-order valence-electron chi connectivity index (χ4n) is 3.15. The van der Waals surface area contributed by atoms with E-state index in [1.807, 2.05) is 20.8 Å². The Morgan fingerprint density at radius 3 is 2.63 bits per heavy atom. The Hall–Kier alpha value is -0.930. The van der Waals surface area contributed by atoms with Crippen LogP contribution in [0.2, 0.25) is 0 Å². The first-order valence-electron chi connectivity index (χ1n) is 7.14. The molecule has 0 aromatic heterocycles. The maximum atomic E-state index is 14.0. The van der Waals surface area contributed by atoms with Crippen LogP contribution in [0.4, 0.5) is 4.39 Å². The van der Waals surface area contributed by atoms with Gasteiger partial charge < -0.3 is 5.73 Å². The molecular formula is C16H25FN2. The average molecular weight is 264 g/mol. The van der Waals surface area contributed by atoms with E-state index in [0.717, 1.165) is 30.6 Å². The van der Waals surface area contributed by atoms with Crippen molar-refractivity contribution in [2.75, 3.05) is 20.1 Å². The van der Waals surface area contributed by atoms with Crippen molar-refractivity contribution in [2.24, 2.45) is 11.7 Å². The van der Waals surface area contributed by atoms with Gasteiger partial charge in [-0.25, -0.2) is 4.39 Å². The Kier molecular flexibility index (Phi) is 4.26. The molecule has 2 nitrogen and oxygen atoms in total. The van der Waals surface area contributed by atoms with Gasteiger partial charge in [0.1, 0.15) is 5.82 Å². The summed E-state index contributed by atoms with van der Waals surface area (Å²) in [5.74, 6) is 0.700. The summed E-state index contributed by atoms with van der Waals surface area (Å²) < 4.78 is 14.0. The molecule has 19 heavy (non-hydrogen) atoms. The molecule has 1 aliphatic rings. The van der Waals surface area contributed by atoms with Crippen molar-refractivity contribution in [1.82, 2.24) is 4.90 Å². The topological polar surface area (TPSA) is 29.3 Å². The Bertz CT molecular complexity index is 456. The quantitative estimate of drug-likeness (QED) is 0.908. The highest BCUT2D eigenvalue weighted by molar-refractivity contribution is 5.36. The van der Waals surface area contributed by atoms with Crippen LogP contribution in [0.15, 0.2) is 12.1 Å². The molecule has 3 heteroatoms. The van der Waals surface area contributed by atoms with Crippen molar-refractivity contribution in [3.8, 4) is 0 Å². The molecule has 0 radical (unpaired) electrons. The average Bonchev–Trinajstić information content (AvgIpc) is 2.70. The van der Waals surface area contributed by atoms with Gasteiger partial charge in [-0.3, -0.25) is 4.90 Å². The lowest BCUT2D eigenvalue weighted by Crippen LogP contribution is -2.21. The molecule has 2 rings (SSSR count). The van der Waals surface area contributed by atoms with Crippen LogP contribution in [0.1, 0.15) is 48.9 Å². The molecule has 2 atom stereocenters. The molecule has 0 saturated carbocycles. The monoisotopic (exact) mass is 264 g/mol. The third-order valence-electron chi connectivity index (χ3n) is 4.33. The van der Waals surface area contributed by atoms with Gasteiger partial charge in [0, 0.05) is 12.6 Å². The van der Waals surface area contributed by atoms with Gasteiger partial charge in [0.2, 0.25) is 0 Å². The maximum absolute atomic E-state index is 14.0. The van der Waals surface area contributed by atoms with Crippen molar-refractivity contribution < 1.29 is 4.39 Å². The van der Waals surface area contributed by atoms with Gasteiger partial charge in [-0.2, -0.15) is 0 Å². The molecule has 1 aliphatic heterocycles. The molecule has 106 valence electrons. The van der Waals surface area contributed by atoms with E-state index in [9.17, 15) is 4.39 Å². The van der Waals surface area contributed by atoms with E-state index in [1.165, 1.54) is 5.56 Å². The van der Waals surface area contributed by atoms with Gasteiger partial charge >= 0.3 is 0 Å². The smallest absolute Gasteiger partial charge is 0.126 e. The van der Waals surface area contributed by atoms with Gasteiger partial charge in [0.25, 0.3) is 0 Å². The second kappa shape index (κ2) is 5.59. The van der Waals surface area contributed by atoms with Gasteiger partial charge in [-0.1, -0.05) is 19.9 Å². The summed E-state index contributed by atoms with van der Waals surface area (Å²) in [4.78, 5) is 2.35. The zero-order valence-corrected chi connectivity index (χ0v) is 12.4. The zero-order valence-electron chi connectivity index (χ0n) is 12.4. The fourth-order valence-corrected chi connectivity index (χ4v) is 3.15. The largest absolute Gasteiger partial charge is 0.330 e. The van der Waals surface area contributed by atoms with E-state index in [1.54, 1.807) is 6.07 Å². The van der Waals surface area contributed by atoms with Crippen molar-refractivity contribution in [3.63, 3.8) is 0 Å². The van der Waals surface area contributed by atoms with Gasteiger partial charge in [0.05, 0.1) is 0 Å². The first kappa shape index (κ1) is 14.5.